The zero-order valence-corrected chi connectivity index (χ0v) is 10.0. The van der Waals surface area contributed by atoms with E-state index < -0.39 is 5.54 Å². The number of esters is 1. The van der Waals surface area contributed by atoms with Crippen LogP contribution < -0.4 is 5.73 Å². The quantitative estimate of drug-likeness (QED) is 0.494. The van der Waals surface area contributed by atoms with Crippen LogP contribution in [-0.2, 0) is 14.3 Å². The summed E-state index contributed by atoms with van der Waals surface area (Å²) in [7, 11) is 0. The van der Waals surface area contributed by atoms with Gasteiger partial charge in [0.05, 0.1) is 6.61 Å². The molecule has 0 aliphatic carbocycles. The smallest absolute Gasteiger partial charge is 0.326 e. The molecule has 0 amide bonds. The maximum Gasteiger partial charge on any atom is 0.326 e. The van der Waals surface area contributed by atoms with Crippen LogP contribution in [0.4, 0.5) is 0 Å². The molecule has 15 heavy (non-hydrogen) atoms. The third kappa shape index (κ3) is 5.14. The number of carbonyl (C=O) groups excluding carboxylic acids is 1. The molecule has 0 aliphatic heterocycles. The summed E-state index contributed by atoms with van der Waals surface area (Å²) < 4.78 is 10.2. The second kappa shape index (κ2) is 7.65. The van der Waals surface area contributed by atoms with Gasteiger partial charge >= 0.3 is 5.97 Å². The molecule has 0 unspecified atom stereocenters. The van der Waals surface area contributed by atoms with E-state index in [4.69, 9.17) is 15.2 Å². The third-order valence-corrected chi connectivity index (χ3v) is 2.48. The molecule has 0 aromatic rings. The topological polar surface area (TPSA) is 61.5 Å². The first-order valence-electron chi connectivity index (χ1n) is 5.64. The number of nitrogens with two attached hydrogens (primary N) is 1. The normalized spacial score (nSPS) is 11.5. The molecule has 90 valence electrons. The fraction of sp³-hybridized carbons (Fsp3) is 0.909. The van der Waals surface area contributed by atoms with Gasteiger partial charge in [-0.2, -0.15) is 0 Å². The highest BCUT2D eigenvalue weighted by atomic mass is 16.6. The molecule has 0 saturated heterocycles. The Hall–Kier alpha value is -0.610. The summed E-state index contributed by atoms with van der Waals surface area (Å²) in [6.45, 7) is 7.25. The molecule has 0 saturated carbocycles. The van der Waals surface area contributed by atoms with E-state index >= 15 is 0 Å². The third-order valence-electron chi connectivity index (χ3n) is 2.48. The minimum atomic E-state index is -0.829. The lowest BCUT2D eigenvalue weighted by atomic mass is 9.95. The molecule has 0 atom stereocenters. The van der Waals surface area contributed by atoms with Crippen LogP contribution in [0.25, 0.3) is 0 Å². The molecule has 0 radical (unpaired) electrons. The van der Waals surface area contributed by atoms with E-state index in [0.29, 0.717) is 26.1 Å². The first-order chi connectivity index (χ1) is 7.10. The van der Waals surface area contributed by atoms with Crippen molar-refractivity contribution in [3.8, 4) is 0 Å². The van der Waals surface area contributed by atoms with Gasteiger partial charge < -0.3 is 15.2 Å². The van der Waals surface area contributed by atoms with Crippen molar-refractivity contribution in [3.63, 3.8) is 0 Å². The lowest BCUT2D eigenvalue weighted by molar-refractivity contribution is -0.152. The summed E-state index contributed by atoms with van der Waals surface area (Å²) >= 11 is 0. The maximum atomic E-state index is 11.6. The van der Waals surface area contributed by atoms with Crippen molar-refractivity contribution in [1.29, 1.82) is 0 Å². The van der Waals surface area contributed by atoms with E-state index in [-0.39, 0.29) is 12.6 Å². The van der Waals surface area contributed by atoms with Gasteiger partial charge in [-0.25, -0.2) is 0 Å². The Morgan fingerprint density at radius 3 is 2.20 bits per heavy atom. The zero-order valence-electron chi connectivity index (χ0n) is 10.0. The second-order valence-corrected chi connectivity index (χ2v) is 3.61. The number of carbonyl (C=O) groups is 1. The summed E-state index contributed by atoms with van der Waals surface area (Å²) in [6.07, 6.45) is 2.16. The van der Waals surface area contributed by atoms with E-state index in [9.17, 15) is 4.79 Å². The molecular formula is C11H23NO3. The number of hydrogen-bond donors (Lipinski definition) is 1. The molecule has 0 spiro atoms. The number of hydrogen-bond acceptors (Lipinski definition) is 4. The lowest BCUT2D eigenvalue weighted by Gasteiger charge is -2.23. The standard InChI is InChI=1S/C11H23NO3/c1-4-7-14-8-9-15-10(13)11(12,5-2)6-3/h4-9,12H2,1-3H3. The molecule has 0 bridgehead atoms. The van der Waals surface area contributed by atoms with Gasteiger partial charge in [-0.3, -0.25) is 4.79 Å². The monoisotopic (exact) mass is 217 g/mol. The number of rotatable bonds is 8. The first kappa shape index (κ1) is 14.4. The Kier molecular flexibility index (Phi) is 7.34. The average molecular weight is 217 g/mol. The minimum Gasteiger partial charge on any atom is -0.462 e. The van der Waals surface area contributed by atoms with Crippen molar-refractivity contribution in [1.82, 2.24) is 0 Å². The number of ether oxygens (including phenoxy) is 2. The Bertz CT molecular complexity index is 179. The summed E-state index contributed by atoms with van der Waals surface area (Å²) in [5.74, 6) is -0.326. The van der Waals surface area contributed by atoms with Crippen molar-refractivity contribution in [3.05, 3.63) is 0 Å². The van der Waals surface area contributed by atoms with E-state index in [2.05, 4.69) is 0 Å². The van der Waals surface area contributed by atoms with Gasteiger partial charge in [0.25, 0.3) is 0 Å². The van der Waals surface area contributed by atoms with Crippen molar-refractivity contribution in [2.24, 2.45) is 5.73 Å². The van der Waals surface area contributed by atoms with Crippen molar-refractivity contribution in [2.45, 2.75) is 45.6 Å². The molecule has 4 heteroatoms. The second-order valence-electron chi connectivity index (χ2n) is 3.61. The van der Waals surface area contributed by atoms with Gasteiger partial charge in [0.2, 0.25) is 0 Å². The predicted molar refractivity (Wildman–Crippen MR) is 59.6 cm³/mol. The van der Waals surface area contributed by atoms with E-state index in [1.54, 1.807) is 0 Å². The van der Waals surface area contributed by atoms with Gasteiger partial charge in [0.1, 0.15) is 12.1 Å². The van der Waals surface area contributed by atoms with E-state index in [1.165, 1.54) is 0 Å². The maximum absolute atomic E-state index is 11.6. The summed E-state index contributed by atoms with van der Waals surface area (Å²) in [5, 5.41) is 0. The van der Waals surface area contributed by atoms with Gasteiger partial charge in [0, 0.05) is 6.61 Å². The van der Waals surface area contributed by atoms with Crippen LogP contribution in [0, 0.1) is 0 Å². The summed E-state index contributed by atoms with van der Waals surface area (Å²) in [5.41, 5.74) is 5.04. The lowest BCUT2D eigenvalue weighted by Crippen LogP contribution is -2.48. The van der Waals surface area contributed by atoms with Crippen LogP contribution in [-0.4, -0.2) is 31.3 Å². The SMILES string of the molecule is CCCOCCOC(=O)C(N)(CC)CC. The van der Waals surface area contributed by atoms with Crippen molar-refractivity contribution >= 4 is 5.97 Å². The zero-order chi connectivity index (χ0) is 11.7. The van der Waals surface area contributed by atoms with Crippen LogP contribution in [0.1, 0.15) is 40.0 Å². The highest BCUT2D eigenvalue weighted by Gasteiger charge is 2.31. The Labute approximate surface area is 92.1 Å². The van der Waals surface area contributed by atoms with Crippen molar-refractivity contribution < 1.29 is 14.3 Å². The Morgan fingerprint density at radius 2 is 1.73 bits per heavy atom. The predicted octanol–water partition coefficient (Wildman–Crippen LogP) is 1.47. The first-order valence-corrected chi connectivity index (χ1v) is 5.64. The summed E-state index contributed by atoms with van der Waals surface area (Å²) in [6, 6.07) is 0. The minimum absolute atomic E-state index is 0.289. The summed E-state index contributed by atoms with van der Waals surface area (Å²) in [4.78, 5) is 11.6. The van der Waals surface area contributed by atoms with E-state index in [1.807, 2.05) is 20.8 Å². The Balaban J connectivity index is 3.73. The molecule has 0 aromatic carbocycles. The fourth-order valence-corrected chi connectivity index (χ4v) is 1.12. The van der Waals surface area contributed by atoms with Gasteiger partial charge in [-0.05, 0) is 19.3 Å². The molecule has 0 heterocycles. The molecule has 4 nitrogen and oxygen atoms in total. The van der Waals surface area contributed by atoms with E-state index in [0.717, 1.165) is 6.42 Å². The molecular weight excluding hydrogens is 194 g/mol. The van der Waals surface area contributed by atoms with Gasteiger partial charge in [0.15, 0.2) is 0 Å². The van der Waals surface area contributed by atoms with Crippen LogP contribution >= 0.6 is 0 Å². The highest BCUT2D eigenvalue weighted by Crippen LogP contribution is 2.12. The largest absolute Gasteiger partial charge is 0.462 e. The van der Waals surface area contributed by atoms with Crippen LogP contribution in [0.15, 0.2) is 0 Å². The molecule has 0 fully saturated rings. The average Bonchev–Trinajstić information content (AvgIpc) is 2.27. The van der Waals surface area contributed by atoms with Crippen LogP contribution in [0.5, 0.6) is 0 Å². The van der Waals surface area contributed by atoms with Crippen molar-refractivity contribution in [2.75, 3.05) is 19.8 Å². The molecule has 2 N–H and O–H groups in total. The highest BCUT2D eigenvalue weighted by molar-refractivity contribution is 5.80. The van der Waals surface area contributed by atoms with Gasteiger partial charge in [-0.1, -0.05) is 20.8 Å². The van der Waals surface area contributed by atoms with Crippen LogP contribution in [0.2, 0.25) is 0 Å². The molecule has 0 rings (SSSR count). The molecule has 0 aromatic heterocycles. The van der Waals surface area contributed by atoms with Gasteiger partial charge in [-0.15, -0.1) is 0 Å². The Morgan fingerprint density at radius 1 is 1.13 bits per heavy atom. The fourth-order valence-electron chi connectivity index (χ4n) is 1.12. The molecule has 0 aliphatic rings. The van der Waals surface area contributed by atoms with Crippen LogP contribution in [0.3, 0.4) is 0 Å².